The number of benzene rings is 3. The molecular formula is C34H36BrN3O3. The number of nitrogens with zero attached hydrogens (tertiary/aromatic N) is 3. The number of carbonyl (C=O) groups excluding carboxylic acids is 1. The molecule has 3 aromatic carbocycles. The Hall–Kier alpha value is -3.84. The van der Waals surface area contributed by atoms with Gasteiger partial charge in [-0.2, -0.15) is 0 Å². The number of hydrogen-bond acceptors (Lipinski definition) is 2. The summed E-state index contributed by atoms with van der Waals surface area (Å²) in [7, 11) is 0. The molecule has 1 aliphatic rings. The first kappa shape index (κ1) is 28.7. The number of carboxylic acid groups (broad SMARTS) is 1. The molecule has 0 bridgehead atoms. The number of piperazine rings is 1. The third kappa shape index (κ3) is 5.82. The maximum Gasteiger partial charge on any atom is 0.407 e. The summed E-state index contributed by atoms with van der Waals surface area (Å²) >= 11 is 3.60. The second-order valence-corrected chi connectivity index (χ2v) is 12.7. The zero-order valence-electron chi connectivity index (χ0n) is 23.9. The summed E-state index contributed by atoms with van der Waals surface area (Å²) in [4.78, 5) is 30.3. The van der Waals surface area contributed by atoms with Crippen LogP contribution in [0.1, 0.15) is 48.3 Å². The maximum absolute atomic E-state index is 14.7. The van der Waals surface area contributed by atoms with E-state index in [4.69, 9.17) is 0 Å². The number of amides is 2. The van der Waals surface area contributed by atoms with Crippen LogP contribution in [0.15, 0.2) is 95.5 Å². The van der Waals surface area contributed by atoms with Gasteiger partial charge in [-0.3, -0.25) is 4.79 Å². The molecule has 4 aromatic rings. The average molecular weight is 615 g/mol. The fourth-order valence-corrected chi connectivity index (χ4v) is 6.65. The van der Waals surface area contributed by atoms with Crippen molar-refractivity contribution in [3.63, 3.8) is 0 Å². The standard InChI is InChI=1S/C34H36BrN3O3/c1-23-20-28(31(25-14-9-6-10-15-25)38(23)27-17-11-16-26(35)21-27)32(39)37-19-18-36(33(40)41)22-29(37)30(34(2,3)4)24-12-7-5-8-13-24/h5-17,20-21,29-30H,18-19,22H2,1-4H3,(H,40,41)/t29-,30?/m0/s1. The highest BCUT2D eigenvalue weighted by Gasteiger charge is 2.43. The van der Waals surface area contributed by atoms with E-state index in [0.717, 1.165) is 32.7 Å². The van der Waals surface area contributed by atoms with Gasteiger partial charge in [-0.25, -0.2) is 4.79 Å². The number of aryl methyl sites for hydroxylation is 1. The maximum atomic E-state index is 14.7. The third-order valence-corrected chi connectivity index (χ3v) is 8.45. The highest BCUT2D eigenvalue weighted by molar-refractivity contribution is 9.10. The molecular weight excluding hydrogens is 578 g/mol. The molecule has 0 aliphatic carbocycles. The van der Waals surface area contributed by atoms with E-state index in [9.17, 15) is 14.7 Å². The Morgan fingerprint density at radius 2 is 1.56 bits per heavy atom. The van der Waals surface area contributed by atoms with E-state index in [0.29, 0.717) is 12.1 Å². The lowest BCUT2D eigenvalue weighted by molar-refractivity contribution is 0.0283. The summed E-state index contributed by atoms with van der Waals surface area (Å²) in [6.07, 6.45) is -0.954. The molecule has 1 saturated heterocycles. The van der Waals surface area contributed by atoms with Gasteiger partial charge < -0.3 is 19.5 Å². The van der Waals surface area contributed by atoms with Crippen LogP contribution in [0.2, 0.25) is 0 Å². The second-order valence-electron chi connectivity index (χ2n) is 11.8. The number of carbonyl (C=O) groups is 2. The molecule has 6 nitrogen and oxygen atoms in total. The number of halogens is 1. The van der Waals surface area contributed by atoms with Gasteiger partial charge in [0.2, 0.25) is 0 Å². The van der Waals surface area contributed by atoms with Crippen molar-refractivity contribution < 1.29 is 14.7 Å². The molecule has 41 heavy (non-hydrogen) atoms. The first-order valence-electron chi connectivity index (χ1n) is 13.9. The average Bonchev–Trinajstić information content (AvgIpc) is 3.30. The van der Waals surface area contributed by atoms with Crippen LogP contribution in [0.25, 0.3) is 16.9 Å². The molecule has 2 atom stereocenters. The van der Waals surface area contributed by atoms with E-state index in [-0.39, 0.29) is 36.4 Å². The topological polar surface area (TPSA) is 65.8 Å². The first-order valence-corrected chi connectivity index (χ1v) is 14.7. The van der Waals surface area contributed by atoms with Crippen LogP contribution in [0.5, 0.6) is 0 Å². The predicted octanol–water partition coefficient (Wildman–Crippen LogP) is 7.85. The zero-order chi connectivity index (χ0) is 29.3. The molecule has 7 heteroatoms. The summed E-state index contributed by atoms with van der Waals surface area (Å²) in [6, 6.07) is 29.9. The Labute approximate surface area is 250 Å². The van der Waals surface area contributed by atoms with E-state index < -0.39 is 6.09 Å². The molecule has 1 unspecified atom stereocenters. The highest BCUT2D eigenvalue weighted by Crippen LogP contribution is 2.42. The lowest BCUT2D eigenvalue weighted by atomic mass is 9.71. The van der Waals surface area contributed by atoms with Crippen molar-refractivity contribution in [2.75, 3.05) is 19.6 Å². The van der Waals surface area contributed by atoms with Gasteiger partial charge in [0, 0.05) is 41.4 Å². The van der Waals surface area contributed by atoms with Gasteiger partial charge in [0.15, 0.2) is 0 Å². The second kappa shape index (κ2) is 11.6. The van der Waals surface area contributed by atoms with Crippen LogP contribution in [0.3, 0.4) is 0 Å². The normalized spacial score (nSPS) is 16.5. The van der Waals surface area contributed by atoms with Gasteiger partial charge in [-0.1, -0.05) is 103 Å². The summed E-state index contributed by atoms with van der Waals surface area (Å²) in [5, 5.41) is 9.95. The van der Waals surface area contributed by atoms with Gasteiger partial charge in [-0.05, 0) is 47.7 Å². The summed E-state index contributed by atoms with van der Waals surface area (Å²) in [5.41, 5.74) is 5.16. The van der Waals surface area contributed by atoms with Gasteiger partial charge in [0.25, 0.3) is 5.91 Å². The summed E-state index contributed by atoms with van der Waals surface area (Å²) in [6.45, 7) is 9.36. The van der Waals surface area contributed by atoms with Crippen molar-refractivity contribution in [3.05, 3.63) is 112 Å². The Bertz CT molecular complexity index is 1540. The first-order chi connectivity index (χ1) is 19.6. The Kier molecular flexibility index (Phi) is 8.09. The number of rotatable bonds is 5. The van der Waals surface area contributed by atoms with Gasteiger partial charge in [-0.15, -0.1) is 0 Å². The minimum absolute atomic E-state index is 0.0803. The smallest absolute Gasteiger partial charge is 0.407 e. The molecule has 2 heterocycles. The van der Waals surface area contributed by atoms with Crippen molar-refractivity contribution in [1.29, 1.82) is 0 Å². The number of aromatic nitrogens is 1. The molecule has 1 fully saturated rings. The third-order valence-electron chi connectivity index (χ3n) is 7.96. The van der Waals surface area contributed by atoms with Gasteiger partial charge >= 0.3 is 6.09 Å². The number of hydrogen-bond donors (Lipinski definition) is 1. The van der Waals surface area contributed by atoms with Crippen LogP contribution in [-0.2, 0) is 0 Å². The van der Waals surface area contributed by atoms with Gasteiger partial charge in [0.1, 0.15) is 0 Å². The molecule has 1 aliphatic heterocycles. The lowest BCUT2D eigenvalue weighted by Crippen LogP contribution is -2.59. The van der Waals surface area contributed by atoms with E-state index in [1.165, 1.54) is 4.90 Å². The Morgan fingerprint density at radius 1 is 0.902 bits per heavy atom. The molecule has 2 amide bonds. The molecule has 0 radical (unpaired) electrons. The van der Waals surface area contributed by atoms with Crippen molar-refractivity contribution in [2.24, 2.45) is 5.41 Å². The zero-order valence-corrected chi connectivity index (χ0v) is 25.5. The highest BCUT2D eigenvalue weighted by atomic mass is 79.9. The van der Waals surface area contributed by atoms with Crippen LogP contribution >= 0.6 is 15.9 Å². The van der Waals surface area contributed by atoms with E-state index >= 15 is 0 Å². The van der Waals surface area contributed by atoms with Crippen LogP contribution in [-0.4, -0.2) is 57.1 Å². The van der Waals surface area contributed by atoms with Crippen molar-refractivity contribution in [1.82, 2.24) is 14.4 Å². The minimum atomic E-state index is -0.954. The Morgan fingerprint density at radius 3 is 2.17 bits per heavy atom. The van der Waals surface area contributed by atoms with Crippen molar-refractivity contribution in [2.45, 2.75) is 39.7 Å². The minimum Gasteiger partial charge on any atom is -0.465 e. The van der Waals surface area contributed by atoms with Crippen LogP contribution in [0, 0.1) is 12.3 Å². The molecule has 0 spiro atoms. The monoisotopic (exact) mass is 613 g/mol. The SMILES string of the molecule is Cc1cc(C(=O)N2CCN(C(=O)O)C[C@H]2C(c2ccccc2)C(C)(C)C)c(-c2ccccc2)n1-c1cccc(Br)c1. The molecule has 1 aromatic heterocycles. The molecule has 5 rings (SSSR count). The quantitative estimate of drug-likeness (QED) is 0.249. The largest absolute Gasteiger partial charge is 0.465 e. The van der Waals surface area contributed by atoms with Crippen LogP contribution < -0.4 is 0 Å². The lowest BCUT2D eigenvalue weighted by Gasteiger charge is -2.48. The molecule has 0 saturated carbocycles. The van der Waals surface area contributed by atoms with E-state index in [2.05, 4.69) is 53.4 Å². The fraction of sp³-hybridized carbons (Fsp3) is 0.294. The Balaban J connectivity index is 1.67. The van der Waals surface area contributed by atoms with Gasteiger partial charge in [0.05, 0.1) is 17.3 Å². The summed E-state index contributed by atoms with van der Waals surface area (Å²) < 4.78 is 3.09. The molecule has 212 valence electrons. The van der Waals surface area contributed by atoms with E-state index in [1.807, 2.05) is 90.7 Å². The molecule has 1 N–H and O–H groups in total. The van der Waals surface area contributed by atoms with Crippen LogP contribution in [0.4, 0.5) is 4.79 Å². The fourth-order valence-electron chi connectivity index (χ4n) is 6.27. The predicted molar refractivity (Wildman–Crippen MR) is 167 cm³/mol. The van der Waals surface area contributed by atoms with Crippen molar-refractivity contribution in [3.8, 4) is 16.9 Å². The van der Waals surface area contributed by atoms with Crippen molar-refractivity contribution >= 4 is 27.9 Å². The summed E-state index contributed by atoms with van der Waals surface area (Å²) in [5.74, 6) is -0.163. The van der Waals surface area contributed by atoms with E-state index in [1.54, 1.807) is 0 Å².